The van der Waals surface area contributed by atoms with Crippen LogP contribution in [0.4, 0.5) is 17.5 Å². The predicted octanol–water partition coefficient (Wildman–Crippen LogP) is 2.53. The number of aromatic amines is 1. The predicted molar refractivity (Wildman–Crippen MR) is 114 cm³/mol. The Labute approximate surface area is 178 Å². The van der Waals surface area contributed by atoms with Crippen molar-refractivity contribution in [2.45, 2.75) is 19.4 Å². The first-order chi connectivity index (χ1) is 15.1. The highest BCUT2D eigenvalue weighted by Gasteiger charge is 2.23. The summed E-state index contributed by atoms with van der Waals surface area (Å²) in [5.41, 5.74) is 3.98. The van der Waals surface area contributed by atoms with Gasteiger partial charge in [-0.25, -0.2) is 9.97 Å². The number of nitriles is 1. The van der Waals surface area contributed by atoms with Gasteiger partial charge in [-0.2, -0.15) is 5.26 Å². The molecule has 10 heteroatoms. The fourth-order valence-electron chi connectivity index (χ4n) is 4.19. The number of ether oxygens (including phenoxy) is 1. The number of benzene rings is 1. The zero-order chi connectivity index (χ0) is 21.4. The lowest BCUT2D eigenvalue weighted by Crippen LogP contribution is -2.32. The molecule has 0 amide bonds. The Morgan fingerprint density at radius 3 is 2.84 bits per heavy atom. The smallest absolute Gasteiger partial charge is 0.271 e. The van der Waals surface area contributed by atoms with Crippen LogP contribution in [-0.2, 0) is 17.8 Å². The lowest BCUT2D eigenvalue weighted by atomic mass is 10.1. The van der Waals surface area contributed by atoms with Crippen LogP contribution in [0.3, 0.4) is 0 Å². The van der Waals surface area contributed by atoms with Crippen molar-refractivity contribution in [2.24, 2.45) is 0 Å². The van der Waals surface area contributed by atoms with Gasteiger partial charge in [-0.1, -0.05) is 0 Å². The number of rotatable bonds is 3. The highest BCUT2D eigenvalue weighted by molar-refractivity contribution is 5.80. The van der Waals surface area contributed by atoms with E-state index in [1.165, 1.54) is 12.1 Å². The molecule has 0 bridgehead atoms. The molecule has 1 aromatic carbocycles. The van der Waals surface area contributed by atoms with Crippen LogP contribution in [0, 0.1) is 21.4 Å². The summed E-state index contributed by atoms with van der Waals surface area (Å²) in [6, 6.07) is 8.84. The van der Waals surface area contributed by atoms with Crippen molar-refractivity contribution in [3.05, 3.63) is 51.2 Å². The maximum absolute atomic E-state index is 11.0. The third-order valence-corrected chi connectivity index (χ3v) is 5.79. The maximum Gasteiger partial charge on any atom is 0.271 e. The van der Waals surface area contributed by atoms with E-state index in [9.17, 15) is 15.4 Å². The van der Waals surface area contributed by atoms with Crippen molar-refractivity contribution < 1.29 is 9.66 Å². The number of imidazole rings is 1. The number of fused-ring (bicyclic) bond motifs is 2. The van der Waals surface area contributed by atoms with Gasteiger partial charge in [-0.05, 0) is 18.6 Å². The molecule has 0 atom stereocenters. The second kappa shape index (κ2) is 7.85. The number of H-pyrrole nitrogens is 1. The van der Waals surface area contributed by atoms with E-state index < -0.39 is 4.92 Å². The van der Waals surface area contributed by atoms with E-state index in [1.54, 1.807) is 6.07 Å². The molecule has 1 fully saturated rings. The molecule has 5 rings (SSSR count). The molecule has 0 radical (unpaired) electrons. The number of anilines is 2. The van der Waals surface area contributed by atoms with Gasteiger partial charge in [0, 0.05) is 50.3 Å². The summed E-state index contributed by atoms with van der Waals surface area (Å²) in [7, 11) is 0. The van der Waals surface area contributed by atoms with Crippen LogP contribution in [0.15, 0.2) is 24.3 Å². The van der Waals surface area contributed by atoms with Crippen LogP contribution in [0.25, 0.3) is 11.0 Å². The van der Waals surface area contributed by atoms with Gasteiger partial charge < -0.3 is 19.5 Å². The second-order valence-corrected chi connectivity index (χ2v) is 7.73. The summed E-state index contributed by atoms with van der Waals surface area (Å²) < 4.78 is 5.49. The normalized spacial score (nSPS) is 16.6. The molecule has 2 aliphatic heterocycles. The van der Waals surface area contributed by atoms with Gasteiger partial charge in [0.05, 0.1) is 40.4 Å². The first-order valence-corrected chi connectivity index (χ1v) is 10.3. The first kappa shape index (κ1) is 19.3. The fraction of sp³-hybridized carbons (Fsp3) is 0.381. The van der Waals surface area contributed by atoms with E-state index in [2.05, 4.69) is 25.8 Å². The van der Waals surface area contributed by atoms with Crippen LogP contribution >= 0.6 is 0 Å². The van der Waals surface area contributed by atoms with E-state index in [0.717, 1.165) is 43.0 Å². The van der Waals surface area contributed by atoms with Crippen molar-refractivity contribution in [2.75, 3.05) is 42.6 Å². The monoisotopic (exact) mass is 419 g/mol. The minimum absolute atomic E-state index is 0.0395. The SMILES string of the molecule is N#Cc1cc2c(nc1N1CCCN(c3nc4ccc([N+](=O)[O-])cc4[nH]3)CC1)CCOC2. The summed E-state index contributed by atoms with van der Waals surface area (Å²) in [5, 5.41) is 20.7. The quantitative estimate of drug-likeness (QED) is 0.507. The molecule has 0 unspecified atom stereocenters. The molecule has 0 saturated carbocycles. The minimum Gasteiger partial charge on any atom is -0.376 e. The largest absolute Gasteiger partial charge is 0.376 e. The van der Waals surface area contributed by atoms with Gasteiger partial charge in [0.2, 0.25) is 5.95 Å². The number of nitrogens with zero attached hydrogens (tertiary/aromatic N) is 6. The molecule has 10 nitrogen and oxygen atoms in total. The zero-order valence-corrected chi connectivity index (χ0v) is 16.9. The van der Waals surface area contributed by atoms with Crippen LogP contribution < -0.4 is 9.80 Å². The van der Waals surface area contributed by atoms with Crippen molar-refractivity contribution in [1.82, 2.24) is 15.0 Å². The average molecular weight is 419 g/mol. The number of hydrogen-bond donors (Lipinski definition) is 1. The molecule has 158 valence electrons. The number of pyridine rings is 1. The molecule has 3 aromatic rings. The third kappa shape index (κ3) is 3.64. The standard InChI is InChI=1S/C21H21N7O3/c22-12-14-10-15-13-31-9-4-17(15)23-20(14)26-5-1-6-27(8-7-26)21-24-18-3-2-16(28(29)30)11-19(18)25-21/h2-3,10-11H,1,4-9,13H2,(H,24,25). The van der Waals surface area contributed by atoms with Gasteiger partial charge in [0.25, 0.3) is 5.69 Å². The van der Waals surface area contributed by atoms with Crippen LogP contribution in [-0.4, -0.2) is 52.7 Å². The summed E-state index contributed by atoms with van der Waals surface area (Å²) >= 11 is 0. The molecule has 0 aliphatic carbocycles. The molecule has 4 heterocycles. The summed E-state index contributed by atoms with van der Waals surface area (Å²) in [5.74, 6) is 1.44. The number of aromatic nitrogens is 3. The van der Waals surface area contributed by atoms with Gasteiger partial charge in [0.1, 0.15) is 11.9 Å². The lowest BCUT2D eigenvalue weighted by Gasteiger charge is -2.25. The number of nitro benzene ring substituents is 1. The zero-order valence-electron chi connectivity index (χ0n) is 16.9. The average Bonchev–Trinajstić information content (AvgIpc) is 3.06. The van der Waals surface area contributed by atoms with Crippen LogP contribution in [0.1, 0.15) is 23.2 Å². The highest BCUT2D eigenvalue weighted by atomic mass is 16.6. The molecule has 2 aliphatic rings. The number of nitro groups is 1. The molecule has 1 saturated heterocycles. The van der Waals surface area contributed by atoms with E-state index in [-0.39, 0.29) is 5.69 Å². The number of hydrogen-bond acceptors (Lipinski definition) is 8. The topological polar surface area (TPSA) is 124 Å². The van der Waals surface area contributed by atoms with Crippen LogP contribution in [0.2, 0.25) is 0 Å². The highest BCUT2D eigenvalue weighted by Crippen LogP contribution is 2.27. The maximum atomic E-state index is 11.0. The molecule has 0 spiro atoms. The lowest BCUT2D eigenvalue weighted by molar-refractivity contribution is -0.384. The second-order valence-electron chi connectivity index (χ2n) is 7.73. The fourth-order valence-corrected chi connectivity index (χ4v) is 4.19. The molecular weight excluding hydrogens is 398 g/mol. The summed E-state index contributed by atoms with van der Waals surface area (Å²) in [4.78, 5) is 27.6. The van der Waals surface area contributed by atoms with E-state index >= 15 is 0 Å². The van der Waals surface area contributed by atoms with Gasteiger partial charge in [0.15, 0.2) is 0 Å². The van der Waals surface area contributed by atoms with E-state index in [1.807, 2.05) is 6.07 Å². The Morgan fingerprint density at radius 2 is 2.00 bits per heavy atom. The van der Waals surface area contributed by atoms with Crippen LogP contribution in [0.5, 0.6) is 0 Å². The van der Waals surface area contributed by atoms with E-state index in [4.69, 9.17) is 9.72 Å². The minimum atomic E-state index is -0.408. The number of nitrogens with one attached hydrogen (secondary N) is 1. The Kier molecular flexibility index (Phi) is 4.88. The molecule has 31 heavy (non-hydrogen) atoms. The number of non-ortho nitro benzene ring substituents is 1. The van der Waals surface area contributed by atoms with Crippen molar-refractivity contribution >= 4 is 28.5 Å². The van der Waals surface area contributed by atoms with Crippen molar-refractivity contribution in [3.63, 3.8) is 0 Å². The Morgan fingerprint density at radius 1 is 1.16 bits per heavy atom. The molecule has 1 N–H and O–H groups in total. The van der Waals surface area contributed by atoms with Gasteiger partial charge >= 0.3 is 0 Å². The van der Waals surface area contributed by atoms with Gasteiger partial charge in [-0.3, -0.25) is 10.1 Å². The van der Waals surface area contributed by atoms with Gasteiger partial charge in [-0.15, -0.1) is 0 Å². The third-order valence-electron chi connectivity index (χ3n) is 5.79. The van der Waals surface area contributed by atoms with Crippen molar-refractivity contribution in [3.8, 4) is 6.07 Å². The summed E-state index contributed by atoms with van der Waals surface area (Å²) in [6.07, 6.45) is 1.64. The molecular formula is C21H21N7O3. The summed E-state index contributed by atoms with van der Waals surface area (Å²) in [6.45, 7) is 4.15. The molecule has 2 aromatic heterocycles. The first-order valence-electron chi connectivity index (χ1n) is 10.3. The Balaban J connectivity index is 1.38. The van der Waals surface area contributed by atoms with Crippen molar-refractivity contribution in [1.29, 1.82) is 5.26 Å². The van der Waals surface area contributed by atoms with E-state index in [0.29, 0.717) is 48.8 Å². The Hall–Kier alpha value is -3.71. The Bertz CT molecular complexity index is 1200.